The van der Waals surface area contributed by atoms with Crippen LogP contribution >= 0.6 is 11.3 Å². The van der Waals surface area contributed by atoms with E-state index in [4.69, 9.17) is 5.73 Å². The van der Waals surface area contributed by atoms with Crippen molar-refractivity contribution in [2.45, 2.75) is 31.9 Å². The zero-order valence-electron chi connectivity index (χ0n) is 8.78. The summed E-state index contributed by atoms with van der Waals surface area (Å²) in [6, 6.07) is 1.94. The quantitative estimate of drug-likeness (QED) is 0.730. The predicted molar refractivity (Wildman–Crippen MR) is 63.8 cm³/mol. The predicted octanol–water partition coefficient (Wildman–Crippen LogP) is 1.58. The summed E-state index contributed by atoms with van der Waals surface area (Å²) in [4.78, 5) is 1.20. The van der Waals surface area contributed by atoms with E-state index in [-0.39, 0.29) is 6.10 Å². The fourth-order valence-electron chi connectivity index (χ4n) is 2.12. The first-order valence-corrected chi connectivity index (χ1v) is 6.36. The van der Waals surface area contributed by atoms with Gasteiger partial charge in [-0.15, -0.1) is 11.3 Å². The molecule has 2 unspecified atom stereocenters. The van der Waals surface area contributed by atoms with Crippen LogP contribution in [-0.2, 0) is 6.54 Å². The van der Waals surface area contributed by atoms with Crippen molar-refractivity contribution in [1.29, 1.82) is 0 Å². The Morgan fingerprint density at radius 3 is 3.00 bits per heavy atom. The van der Waals surface area contributed by atoms with E-state index in [0.717, 1.165) is 38.0 Å². The minimum absolute atomic E-state index is 0.0989. The first-order valence-electron chi connectivity index (χ1n) is 5.48. The summed E-state index contributed by atoms with van der Waals surface area (Å²) in [5.41, 5.74) is 6.66. The molecule has 3 nitrogen and oxygen atoms in total. The number of hydrogen-bond acceptors (Lipinski definition) is 4. The third kappa shape index (κ3) is 2.71. The molecule has 1 aromatic rings. The number of hydrogen-bond donors (Lipinski definition) is 3. The van der Waals surface area contributed by atoms with Crippen molar-refractivity contribution in [3.05, 3.63) is 16.3 Å². The summed E-state index contributed by atoms with van der Waals surface area (Å²) >= 11 is 1.68. The SMILES string of the molecule is Nc1ccsc1CNCC1CCCC1O. The topological polar surface area (TPSA) is 58.3 Å². The van der Waals surface area contributed by atoms with Gasteiger partial charge in [0.15, 0.2) is 0 Å². The Hall–Kier alpha value is -0.580. The maximum Gasteiger partial charge on any atom is 0.0580 e. The van der Waals surface area contributed by atoms with Crippen molar-refractivity contribution in [2.75, 3.05) is 12.3 Å². The molecule has 0 saturated heterocycles. The van der Waals surface area contributed by atoms with Crippen LogP contribution in [0, 0.1) is 5.92 Å². The molecule has 4 heteroatoms. The van der Waals surface area contributed by atoms with Crippen molar-refractivity contribution in [2.24, 2.45) is 5.92 Å². The molecule has 0 spiro atoms. The number of anilines is 1. The van der Waals surface area contributed by atoms with Gasteiger partial charge in [0.1, 0.15) is 0 Å². The van der Waals surface area contributed by atoms with Crippen LogP contribution < -0.4 is 11.1 Å². The molecule has 0 amide bonds. The highest BCUT2D eigenvalue weighted by molar-refractivity contribution is 7.10. The van der Waals surface area contributed by atoms with E-state index in [9.17, 15) is 5.11 Å². The molecule has 1 aliphatic carbocycles. The summed E-state index contributed by atoms with van der Waals surface area (Å²) in [6.45, 7) is 1.73. The Morgan fingerprint density at radius 2 is 2.40 bits per heavy atom. The Balaban J connectivity index is 1.73. The largest absolute Gasteiger partial charge is 0.398 e. The number of nitrogens with two attached hydrogens (primary N) is 1. The number of aliphatic hydroxyl groups is 1. The van der Waals surface area contributed by atoms with Crippen LogP contribution in [0.2, 0.25) is 0 Å². The van der Waals surface area contributed by atoms with Gasteiger partial charge in [-0.25, -0.2) is 0 Å². The highest BCUT2D eigenvalue weighted by Gasteiger charge is 2.24. The van der Waals surface area contributed by atoms with Crippen LogP contribution in [-0.4, -0.2) is 17.8 Å². The molecule has 1 saturated carbocycles. The second kappa shape index (κ2) is 4.96. The molecule has 15 heavy (non-hydrogen) atoms. The summed E-state index contributed by atoms with van der Waals surface area (Å²) in [5, 5.41) is 15.0. The average molecular weight is 226 g/mol. The van der Waals surface area contributed by atoms with Crippen LogP contribution in [0.1, 0.15) is 24.1 Å². The summed E-state index contributed by atoms with van der Waals surface area (Å²) in [6.07, 6.45) is 3.18. The molecular weight excluding hydrogens is 208 g/mol. The Labute approximate surface area is 94.3 Å². The Kier molecular flexibility index (Phi) is 3.61. The maximum atomic E-state index is 9.64. The van der Waals surface area contributed by atoms with Crippen molar-refractivity contribution in [3.8, 4) is 0 Å². The van der Waals surface area contributed by atoms with Crippen LogP contribution in [0.15, 0.2) is 11.4 Å². The number of nitrogen functional groups attached to an aromatic ring is 1. The molecular formula is C11H18N2OS. The normalized spacial score (nSPS) is 25.9. The monoisotopic (exact) mass is 226 g/mol. The molecule has 0 aromatic carbocycles. The zero-order chi connectivity index (χ0) is 10.7. The molecule has 0 aliphatic heterocycles. The van der Waals surface area contributed by atoms with Crippen molar-refractivity contribution in [1.82, 2.24) is 5.32 Å². The van der Waals surface area contributed by atoms with Crippen LogP contribution in [0.3, 0.4) is 0 Å². The zero-order valence-corrected chi connectivity index (χ0v) is 9.59. The van der Waals surface area contributed by atoms with Crippen LogP contribution in [0.25, 0.3) is 0 Å². The van der Waals surface area contributed by atoms with Gasteiger partial charge in [0.2, 0.25) is 0 Å². The third-order valence-corrected chi connectivity index (χ3v) is 4.03. The number of rotatable bonds is 4. The van der Waals surface area contributed by atoms with Crippen molar-refractivity contribution in [3.63, 3.8) is 0 Å². The Bertz CT molecular complexity index is 313. The smallest absolute Gasteiger partial charge is 0.0580 e. The van der Waals surface area contributed by atoms with E-state index < -0.39 is 0 Å². The molecule has 0 radical (unpaired) electrons. The first kappa shape index (κ1) is 10.9. The lowest BCUT2D eigenvalue weighted by Crippen LogP contribution is -2.27. The van der Waals surface area contributed by atoms with Crippen molar-refractivity contribution >= 4 is 17.0 Å². The van der Waals surface area contributed by atoms with Gasteiger partial charge < -0.3 is 16.2 Å². The average Bonchev–Trinajstić information content (AvgIpc) is 2.78. The molecule has 2 rings (SSSR count). The minimum Gasteiger partial charge on any atom is -0.398 e. The van der Waals surface area contributed by atoms with Gasteiger partial charge in [0.25, 0.3) is 0 Å². The van der Waals surface area contributed by atoms with E-state index >= 15 is 0 Å². The van der Waals surface area contributed by atoms with Gasteiger partial charge in [-0.1, -0.05) is 6.42 Å². The van der Waals surface area contributed by atoms with Crippen LogP contribution in [0.5, 0.6) is 0 Å². The van der Waals surface area contributed by atoms with Gasteiger partial charge in [-0.05, 0) is 30.2 Å². The maximum absolute atomic E-state index is 9.64. The third-order valence-electron chi connectivity index (χ3n) is 3.09. The second-order valence-electron chi connectivity index (χ2n) is 4.19. The number of aliphatic hydroxyl groups excluding tert-OH is 1. The Morgan fingerprint density at radius 1 is 1.53 bits per heavy atom. The molecule has 2 atom stereocenters. The van der Waals surface area contributed by atoms with E-state index in [1.807, 2.05) is 11.4 Å². The highest BCUT2D eigenvalue weighted by atomic mass is 32.1. The molecule has 84 valence electrons. The lowest BCUT2D eigenvalue weighted by molar-refractivity contribution is 0.131. The summed E-state index contributed by atoms with van der Waals surface area (Å²) in [5.74, 6) is 0.436. The number of thiophene rings is 1. The summed E-state index contributed by atoms with van der Waals surface area (Å²) < 4.78 is 0. The molecule has 1 aromatic heterocycles. The molecule has 1 heterocycles. The van der Waals surface area contributed by atoms with Gasteiger partial charge in [0, 0.05) is 23.7 Å². The van der Waals surface area contributed by atoms with E-state index in [1.54, 1.807) is 11.3 Å². The van der Waals surface area contributed by atoms with Gasteiger partial charge in [-0.2, -0.15) is 0 Å². The van der Waals surface area contributed by atoms with Gasteiger partial charge in [-0.3, -0.25) is 0 Å². The fourth-order valence-corrected chi connectivity index (χ4v) is 2.89. The lowest BCUT2D eigenvalue weighted by atomic mass is 10.1. The molecule has 1 aliphatic rings. The highest BCUT2D eigenvalue weighted by Crippen LogP contribution is 2.25. The van der Waals surface area contributed by atoms with Gasteiger partial charge in [0.05, 0.1) is 6.10 Å². The van der Waals surface area contributed by atoms with Gasteiger partial charge >= 0.3 is 0 Å². The van der Waals surface area contributed by atoms with Crippen LogP contribution in [0.4, 0.5) is 5.69 Å². The molecule has 0 bridgehead atoms. The van der Waals surface area contributed by atoms with E-state index in [1.165, 1.54) is 4.88 Å². The second-order valence-corrected chi connectivity index (χ2v) is 5.19. The first-order chi connectivity index (χ1) is 7.27. The van der Waals surface area contributed by atoms with E-state index in [2.05, 4.69) is 5.32 Å². The standard InChI is InChI=1S/C11H18N2OS/c12-9-4-5-15-11(9)7-13-6-8-2-1-3-10(8)14/h4-5,8,10,13-14H,1-3,6-7,12H2. The summed E-state index contributed by atoms with van der Waals surface area (Å²) in [7, 11) is 0. The van der Waals surface area contributed by atoms with E-state index in [0.29, 0.717) is 5.92 Å². The fraction of sp³-hybridized carbons (Fsp3) is 0.636. The van der Waals surface area contributed by atoms with Crippen molar-refractivity contribution < 1.29 is 5.11 Å². The molecule has 1 fully saturated rings. The molecule has 4 N–H and O–H groups in total. The lowest BCUT2D eigenvalue weighted by Gasteiger charge is -2.14. The minimum atomic E-state index is -0.0989. The number of nitrogens with one attached hydrogen (secondary N) is 1.